The van der Waals surface area contributed by atoms with Crippen molar-refractivity contribution >= 4 is 45.7 Å². The molecule has 10 heteroatoms. The molecule has 42 heavy (non-hydrogen) atoms. The predicted molar refractivity (Wildman–Crippen MR) is 166 cm³/mol. The summed E-state index contributed by atoms with van der Waals surface area (Å²) in [7, 11) is 5.44. The van der Waals surface area contributed by atoms with Gasteiger partial charge >= 0.3 is 0 Å². The minimum Gasteiger partial charge on any atom is -0.493 e. The Morgan fingerprint density at radius 1 is 0.952 bits per heavy atom. The summed E-state index contributed by atoms with van der Waals surface area (Å²) < 4.78 is 5.54. The Labute approximate surface area is 243 Å². The summed E-state index contributed by atoms with van der Waals surface area (Å²) in [5.74, 6) is 0.428. The number of ether oxygens (including phenoxy) is 1. The Morgan fingerprint density at radius 3 is 2.52 bits per heavy atom. The zero-order chi connectivity index (χ0) is 29.5. The van der Waals surface area contributed by atoms with Gasteiger partial charge in [0.2, 0.25) is 11.9 Å². The number of hydrogen-bond donors (Lipinski definition) is 4. The lowest BCUT2D eigenvalue weighted by atomic mass is 10.1. The lowest BCUT2D eigenvalue weighted by Gasteiger charge is -2.11. The number of fused-ring (bicyclic) bond motifs is 1. The van der Waals surface area contributed by atoms with E-state index in [0.717, 1.165) is 16.5 Å². The zero-order valence-corrected chi connectivity index (χ0v) is 23.5. The smallest absolute Gasteiger partial charge is 0.255 e. The molecule has 0 atom stereocenters. The van der Waals surface area contributed by atoms with Crippen molar-refractivity contribution in [2.75, 3.05) is 43.7 Å². The first-order valence-corrected chi connectivity index (χ1v) is 13.3. The number of likely N-dealkylation sites (N-methyl/N-ethyl adjacent to an activating group) is 1. The molecule has 0 saturated heterocycles. The number of nitrogens with one attached hydrogen (secondary N) is 4. The Kier molecular flexibility index (Phi) is 8.55. The van der Waals surface area contributed by atoms with Crippen molar-refractivity contribution in [2.45, 2.75) is 0 Å². The van der Waals surface area contributed by atoms with Crippen molar-refractivity contribution in [2.24, 2.45) is 0 Å². The van der Waals surface area contributed by atoms with Crippen molar-refractivity contribution in [3.63, 3.8) is 0 Å². The molecule has 0 fully saturated rings. The van der Waals surface area contributed by atoms with Crippen LogP contribution in [-0.4, -0.2) is 59.4 Å². The lowest BCUT2D eigenvalue weighted by Crippen LogP contribution is -2.13. The highest BCUT2D eigenvalue weighted by molar-refractivity contribution is 6.05. The molecule has 3 aromatic carbocycles. The molecule has 5 rings (SSSR count). The summed E-state index contributed by atoms with van der Waals surface area (Å²) in [5.41, 5.74) is 4.90. The topological polar surface area (TPSA) is 124 Å². The maximum atomic E-state index is 12.9. The molecule has 0 aliphatic carbocycles. The first kappa shape index (κ1) is 28.1. The number of aromatic amines is 1. The van der Waals surface area contributed by atoms with E-state index < -0.39 is 0 Å². The minimum atomic E-state index is -0.279. The van der Waals surface area contributed by atoms with Gasteiger partial charge in [-0.2, -0.15) is 0 Å². The van der Waals surface area contributed by atoms with Gasteiger partial charge in [0.15, 0.2) is 5.75 Å². The van der Waals surface area contributed by atoms with Crippen LogP contribution in [0.4, 0.5) is 23.0 Å². The Bertz CT molecular complexity index is 1740. The third-order valence-electron chi connectivity index (χ3n) is 6.35. The summed E-state index contributed by atoms with van der Waals surface area (Å²) in [6, 6.07) is 22.0. The van der Waals surface area contributed by atoms with Gasteiger partial charge in [-0.25, -0.2) is 9.97 Å². The molecule has 0 unspecified atom stereocenters. The minimum absolute atomic E-state index is 0.229. The van der Waals surface area contributed by atoms with E-state index in [0.29, 0.717) is 46.6 Å². The van der Waals surface area contributed by atoms with Crippen LogP contribution in [0.15, 0.2) is 97.3 Å². The summed E-state index contributed by atoms with van der Waals surface area (Å²) in [4.78, 5) is 39.3. The van der Waals surface area contributed by atoms with Crippen molar-refractivity contribution in [3.05, 3.63) is 103 Å². The summed E-state index contributed by atoms with van der Waals surface area (Å²) >= 11 is 0. The number of benzene rings is 3. The molecule has 2 heterocycles. The SMILES string of the molecule is COc1cnc(Nc2cccc(NC(=O)c3ccc(NC(=O)/C=C/CN(C)C)cc3)c2)nc1-c1c[nH]c2ccccc12. The average molecular weight is 562 g/mol. The average Bonchev–Trinajstić information content (AvgIpc) is 3.41. The monoisotopic (exact) mass is 561 g/mol. The van der Waals surface area contributed by atoms with Crippen molar-refractivity contribution < 1.29 is 14.3 Å². The van der Waals surface area contributed by atoms with Crippen LogP contribution in [0.2, 0.25) is 0 Å². The number of nitrogens with zero attached hydrogens (tertiary/aromatic N) is 3. The fourth-order valence-electron chi connectivity index (χ4n) is 4.31. The number of carbonyl (C=O) groups is 2. The Hall–Kier alpha value is -5.48. The van der Waals surface area contributed by atoms with Crippen LogP contribution in [0.3, 0.4) is 0 Å². The molecule has 0 spiro atoms. The number of H-pyrrole nitrogens is 1. The predicted octanol–water partition coefficient (Wildman–Crippen LogP) is 5.69. The molecule has 2 amide bonds. The summed E-state index contributed by atoms with van der Waals surface area (Å²) in [5, 5.41) is 9.94. The van der Waals surface area contributed by atoms with Crippen LogP contribution >= 0.6 is 0 Å². The molecular weight excluding hydrogens is 530 g/mol. The third kappa shape index (κ3) is 6.80. The molecule has 0 bridgehead atoms. The number of amides is 2. The normalized spacial score (nSPS) is 11.1. The lowest BCUT2D eigenvalue weighted by molar-refractivity contribution is -0.111. The number of aromatic nitrogens is 3. The van der Waals surface area contributed by atoms with Crippen molar-refractivity contribution in [1.29, 1.82) is 0 Å². The standard InChI is InChI=1S/C32H31N7O3/c1-39(2)17-7-12-29(40)35-22-15-13-21(14-16-22)31(41)36-23-8-6-9-24(18-23)37-32-34-20-28(42-3)30(38-32)26-19-33-27-11-5-4-10-25(26)27/h4-16,18-20,33H,17H2,1-3H3,(H,35,40)(H,36,41)(H,34,37,38)/b12-7+. The maximum absolute atomic E-state index is 12.9. The largest absolute Gasteiger partial charge is 0.493 e. The van der Waals surface area contributed by atoms with Gasteiger partial charge in [0.25, 0.3) is 5.91 Å². The molecule has 10 nitrogen and oxygen atoms in total. The number of para-hydroxylation sites is 1. The van der Waals surface area contributed by atoms with E-state index in [-0.39, 0.29) is 11.8 Å². The van der Waals surface area contributed by atoms with Gasteiger partial charge in [-0.1, -0.05) is 30.3 Å². The van der Waals surface area contributed by atoms with Gasteiger partial charge in [-0.05, 0) is 62.6 Å². The van der Waals surface area contributed by atoms with E-state index in [9.17, 15) is 9.59 Å². The van der Waals surface area contributed by atoms with E-state index in [1.165, 1.54) is 6.08 Å². The number of anilines is 4. The number of rotatable bonds is 10. The van der Waals surface area contributed by atoms with Crippen molar-refractivity contribution in [3.8, 4) is 17.0 Å². The first-order chi connectivity index (χ1) is 20.4. The Morgan fingerprint density at radius 2 is 1.74 bits per heavy atom. The highest BCUT2D eigenvalue weighted by Crippen LogP contribution is 2.34. The molecule has 0 saturated carbocycles. The fraction of sp³-hybridized carbons (Fsp3) is 0.125. The van der Waals surface area contributed by atoms with Gasteiger partial charge in [0, 0.05) is 57.9 Å². The van der Waals surface area contributed by atoms with Gasteiger partial charge in [0.05, 0.1) is 13.3 Å². The number of carbonyl (C=O) groups excluding carboxylic acids is 2. The molecule has 0 aliphatic rings. The highest BCUT2D eigenvalue weighted by atomic mass is 16.5. The second-order valence-electron chi connectivity index (χ2n) is 9.75. The van der Waals surface area contributed by atoms with E-state index in [2.05, 4.69) is 25.9 Å². The van der Waals surface area contributed by atoms with Crippen LogP contribution in [-0.2, 0) is 4.79 Å². The van der Waals surface area contributed by atoms with Crippen LogP contribution in [0.1, 0.15) is 10.4 Å². The van der Waals surface area contributed by atoms with E-state index in [4.69, 9.17) is 9.72 Å². The highest BCUT2D eigenvalue weighted by Gasteiger charge is 2.15. The summed E-state index contributed by atoms with van der Waals surface area (Å²) in [6.07, 6.45) is 6.80. The second-order valence-corrected chi connectivity index (χ2v) is 9.75. The van der Waals surface area contributed by atoms with Gasteiger partial charge in [-0.15, -0.1) is 0 Å². The van der Waals surface area contributed by atoms with Crippen molar-refractivity contribution in [1.82, 2.24) is 19.9 Å². The van der Waals surface area contributed by atoms with E-state index in [1.807, 2.05) is 61.6 Å². The zero-order valence-electron chi connectivity index (χ0n) is 23.5. The number of methoxy groups -OCH3 is 1. The number of hydrogen-bond acceptors (Lipinski definition) is 7. The van der Waals surface area contributed by atoms with Gasteiger partial charge in [-0.3, -0.25) is 9.59 Å². The van der Waals surface area contributed by atoms with E-state index in [1.54, 1.807) is 55.8 Å². The maximum Gasteiger partial charge on any atom is 0.255 e. The van der Waals surface area contributed by atoms with Crippen LogP contribution in [0, 0.1) is 0 Å². The quantitative estimate of drug-likeness (QED) is 0.162. The molecular formula is C32H31N7O3. The van der Waals surface area contributed by atoms with Gasteiger partial charge in [0.1, 0.15) is 5.69 Å². The van der Waals surface area contributed by atoms with Crippen LogP contribution < -0.4 is 20.7 Å². The molecule has 0 radical (unpaired) electrons. The second kappa shape index (κ2) is 12.8. The molecule has 2 aromatic heterocycles. The third-order valence-corrected chi connectivity index (χ3v) is 6.35. The summed E-state index contributed by atoms with van der Waals surface area (Å²) in [6.45, 7) is 0.669. The van der Waals surface area contributed by atoms with Crippen LogP contribution in [0.25, 0.3) is 22.2 Å². The van der Waals surface area contributed by atoms with Gasteiger partial charge < -0.3 is 30.6 Å². The molecule has 212 valence electrons. The molecule has 4 N–H and O–H groups in total. The molecule has 0 aliphatic heterocycles. The van der Waals surface area contributed by atoms with Crippen LogP contribution in [0.5, 0.6) is 5.75 Å². The fourth-order valence-corrected chi connectivity index (χ4v) is 4.31. The molecule has 5 aromatic rings. The Balaban J connectivity index is 1.26. The first-order valence-electron chi connectivity index (χ1n) is 13.3. The van der Waals surface area contributed by atoms with E-state index >= 15 is 0 Å².